The largest absolute Gasteiger partial charge is 0.399 e. The van der Waals surface area contributed by atoms with Gasteiger partial charge in [-0.25, -0.2) is 0 Å². The van der Waals surface area contributed by atoms with Gasteiger partial charge in [0.2, 0.25) is 5.91 Å². The van der Waals surface area contributed by atoms with Crippen molar-refractivity contribution in [2.45, 2.75) is 32.4 Å². The van der Waals surface area contributed by atoms with Gasteiger partial charge in [-0.05, 0) is 43.4 Å². The van der Waals surface area contributed by atoms with E-state index in [9.17, 15) is 4.79 Å². The van der Waals surface area contributed by atoms with Gasteiger partial charge in [0.05, 0.1) is 5.52 Å². The Morgan fingerprint density at radius 2 is 2.21 bits per heavy atom. The Hall–Kier alpha value is -1.97. The molecule has 1 aliphatic carbocycles. The zero-order valence-corrected chi connectivity index (χ0v) is 11.2. The zero-order chi connectivity index (χ0) is 13.4. The number of amides is 1. The number of hydrogen-bond donors (Lipinski definition) is 1. The molecule has 1 heterocycles. The van der Waals surface area contributed by atoms with Crippen molar-refractivity contribution in [3.8, 4) is 0 Å². The number of benzene rings is 1. The summed E-state index contributed by atoms with van der Waals surface area (Å²) in [6, 6.07) is 8.30. The van der Waals surface area contributed by atoms with Gasteiger partial charge in [-0.1, -0.05) is 6.07 Å². The average molecular weight is 257 g/mol. The van der Waals surface area contributed by atoms with Crippen LogP contribution in [-0.4, -0.2) is 28.0 Å². The van der Waals surface area contributed by atoms with Crippen LogP contribution in [0.2, 0.25) is 0 Å². The second kappa shape index (κ2) is 4.61. The number of anilines is 1. The minimum atomic E-state index is 0.199. The highest BCUT2D eigenvalue weighted by atomic mass is 16.2. The Balaban J connectivity index is 1.84. The normalized spacial score (nSPS) is 14.8. The van der Waals surface area contributed by atoms with E-state index >= 15 is 0 Å². The van der Waals surface area contributed by atoms with Crippen molar-refractivity contribution in [2.24, 2.45) is 0 Å². The predicted octanol–water partition coefficient (Wildman–Crippen LogP) is 2.23. The highest BCUT2D eigenvalue weighted by Gasteiger charge is 2.31. The van der Waals surface area contributed by atoms with Crippen LogP contribution in [0, 0.1) is 0 Å². The third-order valence-electron chi connectivity index (χ3n) is 3.75. The summed E-state index contributed by atoms with van der Waals surface area (Å²) in [5, 5.41) is 1.12. The van der Waals surface area contributed by atoms with Crippen molar-refractivity contribution in [2.75, 3.05) is 12.3 Å². The maximum atomic E-state index is 12.3. The Bertz CT molecular complexity index is 613. The van der Waals surface area contributed by atoms with E-state index < -0.39 is 0 Å². The number of carbonyl (C=O) groups is 1. The lowest BCUT2D eigenvalue weighted by atomic mass is 10.2. The first kappa shape index (κ1) is 12.1. The molecule has 3 rings (SSSR count). The molecule has 4 heteroatoms. The first-order chi connectivity index (χ1) is 9.19. The van der Waals surface area contributed by atoms with Crippen LogP contribution in [0.5, 0.6) is 0 Å². The number of aromatic nitrogens is 1. The summed E-state index contributed by atoms with van der Waals surface area (Å²) >= 11 is 0. The first-order valence-corrected chi connectivity index (χ1v) is 6.83. The van der Waals surface area contributed by atoms with Crippen LogP contribution in [-0.2, 0) is 11.3 Å². The number of nitrogen functional groups attached to an aromatic ring is 1. The Labute approximate surface area is 112 Å². The van der Waals surface area contributed by atoms with Crippen LogP contribution in [0.15, 0.2) is 30.5 Å². The van der Waals surface area contributed by atoms with Gasteiger partial charge in [0.1, 0.15) is 6.54 Å². The van der Waals surface area contributed by atoms with E-state index in [0.29, 0.717) is 12.6 Å². The smallest absolute Gasteiger partial charge is 0.242 e. The number of fused-ring (bicyclic) bond motifs is 1. The molecule has 4 nitrogen and oxygen atoms in total. The number of hydrogen-bond acceptors (Lipinski definition) is 2. The molecule has 0 spiro atoms. The Kier molecular flexibility index (Phi) is 2.93. The third kappa shape index (κ3) is 2.30. The number of nitrogens with zero attached hydrogens (tertiary/aromatic N) is 2. The molecule has 0 unspecified atom stereocenters. The summed E-state index contributed by atoms with van der Waals surface area (Å²) in [5.74, 6) is 0.199. The van der Waals surface area contributed by atoms with Gasteiger partial charge >= 0.3 is 0 Å². The van der Waals surface area contributed by atoms with E-state index in [1.165, 1.54) is 0 Å². The molecule has 1 aliphatic rings. The summed E-state index contributed by atoms with van der Waals surface area (Å²) in [4.78, 5) is 14.3. The zero-order valence-electron chi connectivity index (χ0n) is 11.2. The van der Waals surface area contributed by atoms with Gasteiger partial charge < -0.3 is 15.2 Å². The van der Waals surface area contributed by atoms with Crippen LogP contribution < -0.4 is 5.73 Å². The average Bonchev–Trinajstić information content (AvgIpc) is 3.14. The highest BCUT2D eigenvalue weighted by Crippen LogP contribution is 2.27. The molecule has 0 radical (unpaired) electrons. The molecular weight excluding hydrogens is 238 g/mol. The summed E-state index contributed by atoms with van der Waals surface area (Å²) in [6.45, 7) is 3.24. The van der Waals surface area contributed by atoms with E-state index in [-0.39, 0.29) is 5.91 Å². The van der Waals surface area contributed by atoms with Gasteiger partial charge in [-0.15, -0.1) is 0 Å². The fraction of sp³-hybridized carbons (Fsp3) is 0.400. The lowest BCUT2D eigenvalue weighted by Gasteiger charge is -2.20. The van der Waals surface area contributed by atoms with E-state index in [2.05, 4.69) is 0 Å². The molecule has 100 valence electrons. The van der Waals surface area contributed by atoms with Crippen LogP contribution in [0.1, 0.15) is 19.8 Å². The summed E-state index contributed by atoms with van der Waals surface area (Å²) in [5.41, 5.74) is 7.58. The molecule has 0 aliphatic heterocycles. The number of rotatable bonds is 4. The van der Waals surface area contributed by atoms with Crippen molar-refractivity contribution >= 4 is 22.5 Å². The topological polar surface area (TPSA) is 51.3 Å². The van der Waals surface area contributed by atoms with E-state index in [4.69, 9.17) is 5.73 Å². The molecule has 1 fully saturated rings. The number of likely N-dealkylation sites (N-methyl/N-ethyl adjacent to an activating group) is 1. The number of carbonyl (C=O) groups excluding carboxylic acids is 1. The molecule has 0 saturated heterocycles. The molecule has 2 aromatic rings. The van der Waals surface area contributed by atoms with E-state index in [0.717, 1.165) is 36.0 Å². The quantitative estimate of drug-likeness (QED) is 0.854. The summed E-state index contributed by atoms with van der Waals surface area (Å²) < 4.78 is 1.99. The van der Waals surface area contributed by atoms with E-state index in [1.807, 2.05) is 46.9 Å². The molecule has 2 N–H and O–H groups in total. The Morgan fingerprint density at radius 3 is 2.89 bits per heavy atom. The van der Waals surface area contributed by atoms with Gasteiger partial charge in [0.15, 0.2) is 0 Å². The maximum absolute atomic E-state index is 12.3. The van der Waals surface area contributed by atoms with Gasteiger partial charge in [0.25, 0.3) is 0 Å². The molecule has 0 atom stereocenters. The van der Waals surface area contributed by atoms with Crippen molar-refractivity contribution in [1.29, 1.82) is 0 Å². The second-order valence-corrected chi connectivity index (χ2v) is 5.17. The molecule has 1 saturated carbocycles. The molecule has 19 heavy (non-hydrogen) atoms. The van der Waals surface area contributed by atoms with Gasteiger partial charge in [-0.2, -0.15) is 0 Å². The first-order valence-electron chi connectivity index (χ1n) is 6.83. The van der Waals surface area contributed by atoms with Crippen molar-refractivity contribution in [3.63, 3.8) is 0 Å². The minimum Gasteiger partial charge on any atom is -0.399 e. The molecule has 1 amide bonds. The lowest BCUT2D eigenvalue weighted by Crippen LogP contribution is -2.35. The maximum Gasteiger partial charge on any atom is 0.242 e. The molecule has 1 aromatic carbocycles. The van der Waals surface area contributed by atoms with Crippen LogP contribution >= 0.6 is 0 Å². The fourth-order valence-electron chi connectivity index (χ4n) is 2.60. The van der Waals surface area contributed by atoms with E-state index in [1.54, 1.807) is 0 Å². The molecular formula is C15H19N3O. The van der Waals surface area contributed by atoms with Crippen molar-refractivity contribution in [3.05, 3.63) is 30.5 Å². The standard InChI is InChI=1S/C15H19N3O/c1-2-18(13-5-6-13)15(19)10-17-8-7-11-3-4-12(16)9-14(11)17/h3-4,7-9,13H,2,5-6,10,16H2,1H3. The third-order valence-corrected chi connectivity index (χ3v) is 3.75. The number of nitrogens with two attached hydrogens (primary N) is 1. The lowest BCUT2D eigenvalue weighted by molar-refractivity contribution is -0.132. The summed E-state index contributed by atoms with van der Waals surface area (Å²) in [7, 11) is 0. The fourth-order valence-corrected chi connectivity index (χ4v) is 2.60. The van der Waals surface area contributed by atoms with Gasteiger partial charge in [0, 0.05) is 24.5 Å². The van der Waals surface area contributed by atoms with Crippen molar-refractivity contribution < 1.29 is 4.79 Å². The molecule has 1 aromatic heterocycles. The predicted molar refractivity (Wildman–Crippen MR) is 76.8 cm³/mol. The Morgan fingerprint density at radius 1 is 1.42 bits per heavy atom. The van der Waals surface area contributed by atoms with Crippen LogP contribution in [0.3, 0.4) is 0 Å². The van der Waals surface area contributed by atoms with Crippen molar-refractivity contribution in [1.82, 2.24) is 9.47 Å². The van der Waals surface area contributed by atoms with Gasteiger partial charge in [-0.3, -0.25) is 4.79 Å². The molecule has 0 bridgehead atoms. The SMILES string of the molecule is CCN(C(=O)Cn1ccc2ccc(N)cc21)C1CC1. The highest BCUT2D eigenvalue weighted by molar-refractivity contribution is 5.85. The minimum absolute atomic E-state index is 0.199. The second-order valence-electron chi connectivity index (χ2n) is 5.17. The summed E-state index contributed by atoms with van der Waals surface area (Å²) in [6.07, 6.45) is 4.26. The monoisotopic (exact) mass is 257 g/mol. The van der Waals surface area contributed by atoms with Crippen LogP contribution in [0.25, 0.3) is 10.9 Å². The van der Waals surface area contributed by atoms with Crippen LogP contribution in [0.4, 0.5) is 5.69 Å².